The molecule has 0 saturated carbocycles. The predicted molar refractivity (Wildman–Crippen MR) is 101 cm³/mol. The molecule has 2 aromatic carbocycles. The number of nitrogens with zero attached hydrogens (tertiary/aromatic N) is 1. The third-order valence-corrected chi connectivity index (χ3v) is 4.28. The highest BCUT2D eigenvalue weighted by molar-refractivity contribution is 6.07. The zero-order valence-corrected chi connectivity index (χ0v) is 15.2. The number of ether oxygens (including phenoxy) is 1. The van der Waals surface area contributed by atoms with E-state index < -0.39 is 5.60 Å². The molecule has 0 aliphatic carbocycles. The summed E-state index contributed by atoms with van der Waals surface area (Å²) in [7, 11) is 0. The summed E-state index contributed by atoms with van der Waals surface area (Å²) in [4.78, 5) is 26.8. The fourth-order valence-electron chi connectivity index (χ4n) is 2.89. The lowest BCUT2D eigenvalue weighted by atomic mass is 10.0. The Hall–Kier alpha value is -2.86. The maximum Gasteiger partial charge on any atom is 0.271 e. The van der Waals surface area contributed by atoms with Gasteiger partial charge in [-0.15, -0.1) is 0 Å². The van der Waals surface area contributed by atoms with E-state index in [1.54, 1.807) is 32.0 Å². The van der Waals surface area contributed by atoms with Crippen LogP contribution in [0.4, 0.5) is 11.4 Å². The van der Waals surface area contributed by atoms with Gasteiger partial charge in [-0.25, -0.2) is 0 Å². The van der Waals surface area contributed by atoms with Crippen molar-refractivity contribution in [2.24, 2.45) is 5.73 Å². The van der Waals surface area contributed by atoms with E-state index in [4.69, 9.17) is 10.5 Å². The summed E-state index contributed by atoms with van der Waals surface area (Å²) in [5.74, 6) is 0.0148. The van der Waals surface area contributed by atoms with Crippen LogP contribution in [0, 0.1) is 0 Å². The minimum absolute atomic E-state index is 0.101. The standard InChI is InChI=1S/C20H23N3O3/c1-13(21)14-9-10-17-16(11-14)23(19(25)20(2,3)26-17)12-18(24)22-15-7-5-4-6-8-15/h4-11,13H,12,21H2,1-3H3,(H,22,24). The number of nitrogens with one attached hydrogen (secondary N) is 1. The Morgan fingerprint density at radius 3 is 2.58 bits per heavy atom. The van der Waals surface area contributed by atoms with Gasteiger partial charge in [0.05, 0.1) is 5.69 Å². The smallest absolute Gasteiger partial charge is 0.271 e. The molecule has 2 aromatic rings. The number of fused-ring (bicyclic) bond motifs is 1. The topological polar surface area (TPSA) is 84.7 Å². The van der Waals surface area contributed by atoms with E-state index in [1.165, 1.54) is 4.90 Å². The van der Waals surface area contributed by atoms with Crippen molar-refractivity contribution in [1.29, 1.82) is 0 Å². The van der Waals surface area contributed by atoms with Gasteiger partial charge in [-0.2, -0.15) is 0 Å². The van der Waals surface area contributed by atoms with Crippen LogP contribution in [0.1, 0.15) is 32.4 Å². The van der Waals surface area contributed by atoms with Crippen LogP contribution < -0.4 is 20.7 Å². The summed E-state index contributed by atoms with van der Waals surface area (Å²) in [6, 6.07) is 14.4. The second-order valence-corrected chi connectivity index (χ2v) is 6.93. The van der Waals surface area contributed by atoms with Crippen molar-refractivity contribution in [3.8, 4) is 5.75 Å². The summed E-state index contributed by atoms with van der Waals surface area (Å²) < 4.78 is 5.83. The quantitative estimate of drug-likeness (QED) is 0.885. The molecular weight excluding hydrogens is 330 g/mol. The van der Waals surface area contributed by atoms with E-state index in [0.717, 1.165) is 5.56 Å². The van der Waals surface area contributed by atoms with Gasteiger partial charge in [-0.3, -0.25) is 14.5 Å². The largest absolute Gasteiger partial charge is 0.476 e. The van der Waals surface area contributed by atoms with E-state index in [2.05, 4.69) is 5.32 Å². The summed E-state index contributed by atoms with van der Waals surface area (Å²) >= 11 is 0. The van der Waals surface area contributed by atoms with Crippen LogP contribution >= 0.6 is 0 Å². The van der Waals surface area contributed by atoms with E-state index in [0.29, 0.717) is 17.1 Å². The van der Waals surface area contributed by atoms with Crippen LogP contribution in [0.15, 0.2) is 48.5 Å². The van der Waals surface area contributed by atoms with Gasteiger partial charge in [-0.05, 0) is 50.6 Å². The van der Waals surface area contributed by atoms with Crippen LogP contribution in [0.3, 0.4) is 0 Å². The van der Waals surface area contributed by atoms with E-state index >= 15 is 0 Å². The molecule has 1 aliphatic rings. The lowest BCUT2D eigenvalue weighted by molar-refractivity contribution is -0.133. The van der Waals surface area contributed by atoms with Crippen LogP contribution in [-0.4, -0.2) is 24.0 Å². The third-order valence-electron chi connectivity index (χ3n) is 4.28. The summed E-state index contributed by atoms with van der Waals surface area (Å²) in [5, 5.41) is 2.81. The van der Waals surface area contributed by atoms with Crippen molar-refractivity contribution in [3.63, 3.8) is 0 Å². The maximum absolute atomic E-state index is 12.9. The second kappa shape index (κ2) is 6.80. The Bertz CT molecular complexity index is 831. The van der Waals surface area contributed by atoms with Crippen LogP contribution in [-0.2, 0) is 9.59 Å². The maximum atomic E-state index is 12.9. The van der Waals surface area contributed by atoms with Gasteiger partial charge in [0.25, 0.3) is 5.91 Å². The lowest BCUT2D eigenvalue weighted by Gasteiger charge is -2.38. The molecule has 1 atom stereocenters. The van der Waals surface area contributed by atoms with Gasteiger partial charge in [0.2, 0.25) is 5.91 Å². The Morgan fingerprint density at radius 1 is 1.23 bits per heavy atom. The number of para-hydroxylation sites is 1. The minimum atomic E-state index is -1.05. The molecule has 26 heavy (non-hydrogen) atoms. The highest BCUT2D eigenvalue weighted by atomic mass is 16.5. The van der Waals surface area contributed by atoms with Crippen molar-refractivity contribution in [1.82, 2.24) is 0 Å². The molecule has 3 rings (SSSR count). The second-order valence-electron chi connectivity index (χ2n) is 6.93. The number of amides is 2. The van der Waals surface area contributed by atoms with Crippen molar-refractivity contribution in [3.05, 3.63) is 54.1 Å². The van der Waals surface area contributed by atoms with Crippen molar-refractivity contribution in [2.75, 3.05) is 16.8 Å². The first-order valence-corrected chi connectivity index (χ1v) is 8.53. The molecule has 1 unspecified atom stereocenters. The van der Waals surface area contributed by atoms with E-state index in [-0.39, 0.29) is 24.4 Å². The number of hydrogen-bond acceptors (Lipinski definition) is 4. The number of anilines is 2. The molecule has 0 radical (unpaired) electrons. The highest BCUT2D eigenvalue weighted by Crippen LogP contribution is 2.39. The van der Waals surface area contributed by atoms with E-state index in [9.17, 15) is 9.59 Å². The van der Waals surface area contributed by atoms with Gasteiger partial charge < -0.3 is 15.8 Å². The van der Waals surface area contributed by atoms with Crippen molar-refractivity contribution >= 4 is 23.2 Å². The Labute approximate surface area is 152 Å². The molecule has 6 heteroatoms. The van der Waals surface area contributed by atoms with E-state index in [1.807, 2.05) is 37.3 Å². The SMILES string of the molecule is CC(N)c1ccc2c(c1)N(CC(=O)Nc1ccccc1)C(=O)C(C)(C)O2. The monoisotopic (exact) mass is 353 g/mol. The van der Waals surface area contributed by atoms with Crippen molar-refractivity contribution < 1.29 is 14.3 Å². The minimum Gasteiger partial charge on any atom is -0.476 e. The van der Waals surface area contributed by atoms with Crippen LogP contribution in [0.5, 0.6) is 5.75 Å². The molecular formula is C20H23N3O3. The molecule has 0 aromatic heterocycles. The summed E-state index contributed by atoms with van der Waals surface area (Å²) in [6.07, 6.45) is 0. The number of hydrogen-bond donors (Lipinski definition) is 2. The Kier molecular flexibility index (Phi) is 4.70. The van der Waals surface area contributed by atoms with Gasteiger partial charge in [-0.1, -0.05) is 24.3 Å². The normalized spacial score (nSPS) is 16.5. The fourth-order valence-corrected chi connectivity index (χ4v) is 2.89. The Balaban J connectivity index is 1.90. The summed E-state index contributed by atoms with van der Waals surface area (Å²) in [6.45, 7) is 5.15. The van der Waals surface area contributed by atoms with Crippen LogP contribution in [0.2, 0.25) is 0 Å². The molecule has 1 heterocycles. The molecule has 1 aliphatic heterocycles. The number of carbonyl (C=O) groups is 2. The molecule has 0 fully saturated rings. The average Bonchev–Trinajstić information content (AvgIpc) is 2.59. The molecule has 3 N–H and O–H groups in total. The first-order chi connectivity index (χ1) is 12.3. The molecule has 2 amide bonds. The van der Waals surface area contributed by atoms with Crippen LogP contribution in [0.25, 0.3) is 0 Å². The zero-order chi connectivity index (χ0) is 18.9. The zero-order valence-electron chi connectivity index (χ0n) is 15.2. The number of benzene rings is 2. The van der Waals surface area contributed by atoms with Gasteiger partial charge in [0.15, 0.2) is 5.60 Å². The van der Waals surface area contributed by atoms with Gasteiger partial charge in [0, 0.05) is 11.7 Å². The lowest BCUT2D eigenvalue weighted by Crippen LogP contribution is -2.54. The predicted octanol–water partition coefficient (Wildman–Crippen LogP) is 2.85. The molecule has 0 bridgehead atoms. The fraction of sp³-hybridized carbons (Fsp3) is 0.300. The van der Waals surface area contributed by atoms with Gasteiger partial charge >= 0.3 is 0 Å². The molecule has 136 valence electrons. The number of rotatable bonds is 4. The third kappa shape index (κ3) is 3.55. The molecule has 0 spiro atoms. The summed E-state index contributed by atoms with van der Waals surface area (Å²) in [5.41, 5.74) is 7.03. The first kappa shape index (κ1) is 17.9. The highest BCUT2D eigenvalue weighted by Gasteiger charge is 2.41. The Morgan fingerprint density at radius 2 is 1.92 bits per heavy atom. The first-order valence-electron chi connectivity index (χ1n) is 8.53. The number of carbonyl (C=O) groups excluding carboxylic acids is 2. The molecule has 6 nitrogen and oxygen atoms in total. The van der Waals surface area contributed by atoms with Gasteiger partial charge in [0.1, 0.15) is 12.3 Å². The molecule has 0 saturated heterocycles. The van der Waals surface area contributed by atoms with Crippen molar-refractivity contribution in [2.45, 2.75) is 32.4 Å². The average molecular weight is 353 g/mol. The number of nitrogens with two attached hydrogens (primary N) is 1.